The second-order valence-corrected chi connectivity index (χ2v) is 7.25. The Morgan fingerprint density at radius 1 is 1.21 bits per heavy atom. The largest absolute Gasteiger partial charge is 0.481 e. The number of rotatable bonds is 6. The molecule has 1 saturated heterocycles. The van der Waals surface area contributed by atoms with Crippen molar-refractivity contribution in [3.63, 3.8) is 0 Å². The van der Waals surface area contributed by atoms with Gasteiger partial charge in [0.05, 0.1) is 10.8 Å². The van der Waals surface area contributed by atoms with E-state index >= 15 is 0 Å². The Labute approximate surface area is 173 Å². The molecule has 3 rings (SSSR count). The van der Waals surface area contributed by atoms with Crippen LogP contribution in [0.25, 0.3) is 0 Å². The Kier molecular flexibility index (Phi) is 6.22. The number of nitrogens with zero attached hydrogens (tertiary/aromatic N) is 4. The predicted molar refractivity (Wildman–Crippen MR) is 106 cm³/mol. The van der Waals surface area contributed by atoms with Gasteiger partial charge in [-0.3, -0.25) is 30.6 Å². The van der Waals surface area contributed by atoms with Crippen LogP contribution in [0.1, 0.15) is 23.2 Å². The van der Waals surface area contributed by atoms with E-state index in [-0.39, 0.29) is 11.6 Å². The lowest BCUT2D eigenvalue weighted by Gasteiger charge is -2.30. The van der Waals surface area contributed by atoms with Crippen molar-refractivity contribution in [1.29, 1.82) is 0 Å². The molecule has 1 aromatic heterocycles. The quantitative estimate of drug-likeness (QED) is 0.431. The minimum atomic E-state index is -0.875. The molecule has 2 heterocycles. The third-order valence-electron chi connectivity index (χ3n) is 4.53. The maximum atomic E-state index is 12.2. The van der Waals surface area contributed by atoms with Crippen LogP contribution >= 0.6 is 15.9 Å². The molecule has 1 aliphatic heterocycles. The number of carboxylic acid groups (broad SMARTS) is 1. The van der Waals surface area contributed by atoms with Gasteiger partial charge >= 0.3 is 11.7 Å². The van der Waals surface area contributed by atoms with Crippen molar-refractivity contribution < 1.29 is 19.6 Å². The van der Waals surface area contributed by atoms with Crippen LogP contribution in [0.2, 0.25) is 0 Å². The van der Waals surface area contributed by atoms with Crippen LogP contribution in [-0.4, -0.2) is 45.0 Å². The number of hydrogen-bond acceptors (Lipinski definition) is 8. The van der Waals surface area contributed by atoms with Crippen molar-refractivity contribution in [2.45, 2.75) is 12.8 Å². The molecular weight excluding hydrogens is 448 g/mol. The number of nitrogens with one attached hydrogen (secondary N) is 2. The maximum Gasteiger partial charge on any atom is 0.355 e. The molecule has 1 fully saturated rings. The van der Waals surface area contributed by atoms with Gasteiger partial charge in [0.15, 0.2) is 0 Å². The molecule has 0 unspecified atom stereocenters. The predicted octanol–water partition coefficient (Wildman–Crippen LogP) is 2.21. The van der Waals surface area contributed by atoms with Gasteiger partial charge in [0, 0.05) is 23.1 Å². The van der Waals surface area contributed by atoms with E-state index in [1.165, 1.54) is 0 Å². The minimum Gasteiger partial charge on any atom is -0.481 e. The van der Waals surface area contributed by atoms with Gasteiger partial charge < -0.3 is 10.0 Å². The lowest BCUT2D eigenvalue weighted by atomic mass is 9.97. The first-order chi connectivity index (χ1) is 13.9. The average Bonchev–Trinajstić information content (AvgIpc) is 2.72. The van der Waals surface area contributed by atoms with Crippen molar-refractivity contribution in [2.24, 2.45) is 5.92 Å². The van der Waals surface area contributed by atoms with Gasteiger partial charge in [-0.1, -0.05) is 15.9 Å². The van der Waals surface area contributed by atoms with E-state index in [4.69, 9.17) is 5.11 Å². The Hall–Kier alpha value is -3.28. The molecule has 1 amide bonds. The lowest BCUT2D eigenvalue weighted by molar-refractivity contribution is -0.383. The summed E-state index contributed by atoms with van der Waals surface area (Å²) in [6, 6.07) is 6.57. The normalized spacial score (nSPS) is 14.3. The third kappa shape index (κ3) is 4.77. The number of hydrazine groups is 1. The van der Waals surface area contributed by atoms with E-state index < -0.39 is 28.4 Å². The molecule has 11 nitrogen and oxygen atoms in total. The van der Waals surface area contributed by atoms with E-state index in [0.717, 1.165) is 10.8 Å². The van der Waals surface area contributed by atoms with Gasteiger partial charge in [0.1, 0.15) is 6.33 Å². The molecule has 0 radical (unpaired) electrons. The van der Waals surface area contributed by atoms with Crippen molar-refractivity contribution in [1.82, 2.24) is 15.4 Å². The molecule has 29 heavy (non-hydrogen) atoms. The number of nitro groups is 1. The van der Waals surface area contributed by atoms with Gasteiger partial charge in [0.2, 0.25) is 11.6 Å². The van der Waals surface area contributed by atoms with Gasteiger partial charge in [-0.05, 0) is 37.1 Å². The van der Waals surface area contributed by atoms with Gasteiger partial charge in [0.25, 0.3) is 5.91 Å². The molecule has 0 spiro atoms. The maximum absolute atomic E-state index is 12.2. The zero-order valence-corrected chi connectivity index (χ0v) is 16.6. The summed E-state index contributed by atoms with van der Waals surface area (Å²) in [4.78, 5) is 43.9. The monoisotopic (exact) mass is 464 g/mol. The number of hydrogen-bond donors (Lipinski definition) is 3. The van der Waals surface area contributed by atoms with Crippen LogP contribution in [-0.2, 0) is 4.79 Å². The second kappa shape index (κ2) is 8.82. The summed E-state index contributed by atoms with van der Waals surface area (Å²) in [6.45, 7) is 0.638. The number of aliphatic carboxylic acids is 1. The zero-order chi connectivity index (χ0) is 21.0. The highest BCUT2D eigenvalue weighted by Crippen LogP contribution is 2.33. The second-order valence-electron chi connectivity index (χ2n) is 6.34. The number of carbonyl (C=O) groups is 2. The Morgan fingerprint density at radius 3 is 2.45 bits per heavy atom. The summed E-state index contributed by atoms with van der Waals surface area (Å²) >= 11 is 3.28. The van der Waals surface area contributed by atoms with Gasteiger partial charge in [-0.25, -0.2) is 9.97 Å². The first-order valence-electron chi connectivity index (χ1n) is 8.66. The third-order valence-corrected chi connectivity index (χ3v) is 5.06. The topological polar surface area (TPSA) is 151 Å². The smallest absolute Gasteiger partial charge is 0.355 e. The highest BCUT2D eigenvalue weighted by Gasteiger charge is 2.31. The molecule has 0 aliphatic carbocycles. The van der Waals surface area contributed by atoms with Crippen LogP contribution in [0.4, 0.5) is 17.3 Å². The van der Waals surface area contributed by atoms with Crippen molar-refractivity contribution >= 4 is 45.1 Å². The standard InChI is InChI=1S/C17H17BrN6O5/c18-12-3-1-10(2-4-12)16(25)22-21-14-13(24(28)29)15(20-9-19-14)23-7-5-11(6-8-23)17(26)27/h1-4,9,11H,5-8H2,(H,22,25)(H,26,27)(H,19,20,21). The Bertz CT molecular complexity index is 930. The summed E-state index contributed by atoms with van der Waals surface area (Å²) in [5.41, 5.74) is 4.84. The van der Waals surface area contributed by atoms with Crippen molar-refractivity contribution in [3.05, 3.63) is 50.7 Å². The molecule has 0 bridgehead atoms. The molecule has 0 atom stereocenters. The van der Waals surface area contributed by atoms with E-state index in [2.05, 4.69) is 36.7 Å². The number of benzene rings is 1. The number of aromatic nitrogens is 2. The van der Waals surface area contributed by atoms with Crippen molar-refractivity contribution in [3.8, 4) is 0 Å². The fraction of sp³-hybridized carbons (Fsp3) is 0.294. The van der Waals surface area contributed by atoms with Gasteiger partial charge in [-0.2, -0.15) is 0 Å². The van der Waals surface area contributed by atoms with Crippen molar-refractivity contribution in [2.75, 3.05) is 23.4 Å². The first-order valence-corrected chi connectivity index (χ1v) is 9.45. The number of anilines is 2. The fourth-order valence-corrected chi connectivity index (χ4v) is 3.25. The Balaban J connectivity index is 1.77. The fourth-order valence-electron chi connectivity index (χ4n) is 2.99. The molecule has 0 saturated carbocycles. The van der Waals surface area contributed by atoms with Crippen LogP contribution in [0.15, 0.2) is 35.1 Å². The summed E-state index contributed by atoms with van der Waals surface area (Å²) < 4.78 is 0.810. The van der Waals surface area contributed by atoms with Crippen LogP contribution in [0.5, 0.6) is 0 Å². The number of carbonyl (C=O) groups excluding carboxylic acids is 1. The van der Waals surface area contributed by atoms with Crippen LogP contribution < -0.4 is 15.8 Å². The molecule has 1 aliphatic rings. The van der Waals surface area contributed by atoms with E-state index in [9.17, 15) is 19.7 Å². The summed E-state index contributed by atoms with van der Waals surface area (Å²) in [7, 11) is 0. The Morgan fingerprint density at radius 2 is 1.86 bits per heavy atom. The molecule has 152 valence electrons. The molecule has 12 heteroatoms. The zero-order valence-electron chi connectivity index (χ0n) is 15.0. The summed E-state index contributed by atoms with van der Waals surface area (Å²) in [5, 5.41) is 20.8. The molecule has 3 N–H and O–H groups in total. The first kappa shape index (κ1) is 20.5. The number of amides is 1. The number of halogens is 1. The lowest BCUT2D eigenvalue weighted by Crippen LogP contribution is -2.37. The van der Waals surface area contributed by atoms with Crippen LogP contribution in [0, 0.1) is 16.0 Å². The average molecular weight is 465 g/mol. The number of carboxylic acids is 1. The molecular formula is C17H17BrN6O5. The van der Waals surface area contributed by atoms with Gasteiger partial charge in [-0.15, -0.1) is 0 Å². The molecule has 2 aromatic rings. The van der Waals surface area contributed by atoms with E-state index in [1.54, 1.807) is 29.2 Å². The van der Waals surface area contributed by atoms with E-state index in [0.29, 0.717) is 31.5 Å². The number of piperidine rings is 1. The SMILES string of the molecule is O=C(NNc1ncnc(N2CCC(C(=O)O)CC2)c1[N+](=O)[O-])c1ccc(Br)cc1. The summed E-state index contributed by atoms with van der Waals surface area (Å²) in [5.74, 6) is -1.93. The molecule has 1 aromatic carbocycles. The highest BCUT2D eigenvalue weighted by atomic mass is 79.9. The van der Waals surface area contributed by atoms with E-state index in [1.807, 2.05) is 0 Å². The van der Waals surface area contributed by atoms with Crippen LogP contribution in [0.3, 0.4) is 0 Å². The minimum absolute atomic E-state index is 0.0780. The summed E-state index contributed by atoms with van der Waals surface area (Å²) in [6.07, 6.45) is 1.87. The highest BCUT2D eigenvalue weighted by molar-refractivity contribution is 9.10.